The summed E-state index contributed by atoms with van der Waals surface area (Å²) < 4.78 is 0. The highest BCUT2D eigenvalue weighted by molar-refractivity contribution is 5.91. The van der Waals surface area contributed by atoms with Gasteiger partial charge in [-0.05, 0) is 24.3 Å². The smallest absolute Gasteiger partial charge is 0.339 e. The van der Waals surface area contributed by atoms with Gasteiger partial charge in [0.05, 0.1) is 21.6 Å². The fraction of sp³-hybridized carbons (Fsp3) is 0. The molecule has 2 aromatic carbocycles. The van der Waals surface area contributed by atoms with Crippen LogP contribution in [0.4, 0.5) is 22.7 Å². The van der Waals surface area contributed by atoms with Crippen molar-refractivity contribution in [3.8, 4) is 5.75 Å². The van der Waals surface area contributed by atoms with Gasteiger partial charge in [0.15, 0.2) is 5.69 Å². The van der Waals surface area contributed by atoms with E-state index in [9.17, 15) is 30.1 Å². The number of carboxylic acids is 1. The lowest BCUT2D eigenvalue weighted by molar-refractivity contribution is -0.393. The third kappa shape index (κ3) is 3.47. The van der Waals surface area contributed by atoms with Crippen LogP contribution in [-0.4, -0.2) is 26.0 Å². The Morgan fingerprint density at radius 2 is 1.71 bits per heavy atom. The van der Waals surface area contributed by atoms with Crippen LogP contribution in [0.2, 0.25) is 0 Å². The van der Waals surface area contributed by atoms with Crippen LogP contribution >= 0.6 is 0 Å². The Morgan fingerprint density at radius 1 is 1.00 bits per heavy atom. The first-order chi connectivity index (χ1) is 11.3. The van der Waals surface area contributed by atoms with E-state index in [0.29, 0.717) is 0 Å². The summed E-state index contributed by atoms with van der Waals surface area (Å²) in [5.74, 6) is -1.85. The van der Waals surface area contributed by atoms with Crippen LogP contribution in [0.15, 0.2) is 46.6 Å². The van der Waals surface area contributed by atoms with E-state index in [0.717, 1.165) is 30.3 Å². The zero-order chi connectivity index (χ0) is 17.9. The molecule has 0 unspecified atom stereocenters. The Bertz CT molecular complexity index is 879. The molecule has 0 saturated heterocycles. The zero-order valence-electron chi connectivity index (χ0n) is 11.7. The first-order valence-electron chi connectivity index (χ1n) is 6.20. The van der Waals surface area contributed by atoms with Crippen molar-refractivity contribution in [3.63, 3.8) is 0 Å². The Hall–Kier alpha value is -3.89. The molecule has 2 rings (SSSR count). The number of hydrogen-bond donors (Lipinski definition) is 2. The number of rotatable bonds is 5. The summed E-state index contributed by atoms with van der Waals surface area (Å²) in [6.07, 6.45) is 0. The van der Waals surface area contributed by atoms with Gasteiger partial charge in [-0.3, -0.25) is 20.2 Å². The number of aromatic hydroxyl groups is 1. The molecule has 0 bridgehead atoms. The van der Waals surface area contributed by atoms with E-state index in [-0.39, 0.29) is 11.4 Å². The van der Waals surface area contributed by atoms with E-state index in [2.05, 4.69) is 10.2 Å². The van der Waals surface area contributed by atoms with Crippen LogP contribution in [-0.2, 0) is 0 Å². The number of nitro benzene ring substituents is 2. The van der Waals surface area contributed by atoms with E-state index >= 15 is 0 Å². The number of nitro groups is 2. The minimum Gasteiger partial charge on any atom is -0.507 e. The fourth-order valence-electron chi connectivity index (χ4n) is 1.73. The lowest BCUT2D eigenvalue weighted by Gasteiger charge is -2.00. The molecule has 11 heteroatoms. The van der Waals surface area contributed by atoms with Gasteiger partial charge in [-0.25, -0.2) is 4.79 Å². The monoisotopic (exact) mass is 332 g/mol. The summed E-state index contributed by atoms with van der Waals surface area (Å²) in [7, 11) is 0. The number of nitrogens with zero attached hydrogens (tertiary/aromatic N) is 4. The highest BCUT2D eigenvalue weighted by Crippen LogP contribution is 2.33. The first-order valence-corrected chi connectivity index (χ1v) is 6.20. The van der Waals surface area contributed by atoms with Crippen LogP contribution in [0.25, 0.3) is 0 Å². The lowest BCUT2D eigenvalue weighted by Crippen LogP contribution is -1.95. The van der Waals surface area contributed by atoms with Crippen molar-refractivity contribution in [1.82, 2.24) is 0 Å². The van der Waals surface area contributed by atoms with Gasteiger partial charge in [0.2, 0.25) is 0 Å². The minimum absolute atomic E-state index is 0.0258. The van der Waals surface area contributed by atoms with Gasteiger partial charge < -0.3 is 10.2 Å². The lowest BCUT2D eigenvalue weighted by atomic mass is 10.2. The Balaban J connectivity index is 2.42. The van der Waals surface area contributed by atoms with Crippen LogP contribution in [0.1, 0.15) is 10.4 Å². The van der Waals surface area contributed by atoms with E-state index in [4.69, 9.17) is 5.11 Å². The first kappa shape index (κ1) is 16.5. The van der Waals surface area contributed by atoms with Crippen LogP contribution < -0.4 is 0 Å². The number of phenols is 1. The maximum Gasteiger partial charge on any atom is 0.339 e. The molecule has 0 spiro atoms. The Morgan fingerprint density at radius 3 is 2.29 bits per heavy atom. The third-order valence-electron chi connectivity index (χ3n) is 2.85. The molecule has 2 aromatic rings. The molecule has 122 valence electrons. The van der Waals surface area contributed by atoms with Crippen molar-refractivity contribution in [2.75, 3.05) is 0 Å². The van der Waals surface area contributed by atoms with E-state index < -0.39 is 38.5 Å². The summed E-state index contributed by atoms with van der Waals surface area (Å²) in [4.78, 5) is 30.9. The van der Waals surface area contributed by atoms with Crippen molar-refractivity contribution in [1.29, 1.82) is 0 Å². The topological polar surface area (TPSA) is 169 Å². The molecule has 0 aliphatic heterocycles. The van der Waals surface area contributed by atoms with E-state index in [1.54, 1.807) is 0 Å². The second-order valence-electron chi connectivity index (χ2n) is 4.39. The number of carbonyl (C=O) groups is 1. The predicted octanol–water partition coefficient (Wildman–Crippen LogP) is 3.32. The third-order valence-corrected chi connectivity index (χ3v) is 2.85. The molecular formula is C13H8N4O7. The van der Waals surface area contributed by atoms with Crippen molar-refractivity contribution < 1.29 is 24.9 Å². The molecule has 0 amide bonds. The van der Waals surface area contributed by atoms with Crippen molar-refractivity contribution >= 4 is 28.7 Å². The number of aromatic carboxylic acids is 1. The Labute approximate surface area is 132 Å². The van der Waals surface area contributed by atoms with Gasteiger partial charge in [-0.15, -0.1) is 5.11 Å². The van der Waals surface area contributed by atoms with E-state index in [1.807, 2.05) is 0 Å². The van der Waals surface area contributed by atoms with Crippen molar-refractivity contribution in [2.45, 2.75) is 0 Å². The number of carboxylic acid groups (broad SMARTS) is 1. The van der Waals surface area contributed by atoms with Crippen LogP contribution in [0.3, 0.4) is 0 Å². The maximum absolute atomic E-state index is 11.0. The summed E-state index contributed by atoms with van der Waals surface area (Å²) in [5.41, 5.74) is -1.72. The molecule has 0 heterocycles. The van der Waals surface area contributed by atoms with Crippen LogP contribution in [0.5, 0.6) is 5.75 Å². The van der Waals surface area contributed by atoms with Crippen LogP contribution in [0, 0.1) is 20.2 Å². The molecule has 0 fully saturated rings. The van der Waals surface area contributed by atoms with Gasteiger partial charge in [0.1, 0.15) is 11.3 Å². The van der Waals surface area contributed by atoms with Gasteiger partial charge in [-0.2, -0.15) is 5.11 Å². The molecule has 0 aromatic heterocycles. The molecule has 2 N–H and O–H groups in total. The highest BCUT2D eigenvalue weighted by atomic mass is 16.6. The Kier molecular flexibility index (Phi) is 4.45. The highest BCUT2D eigenvalue weighted by Gasteiger charge is 2.19. The SMILES string of the molecule is O=C(O)c1cc(N=Nc2ccc([N+](=O)[O-])cc2[N+](=O)[O-])ccc1O. The molecule has 11 nitrogen and oxygen atoms in total. The average molecular weight is 332 g/mol. The number of azo groups is 1. The van der Waals surface area contributed by atoms with Crippen molar-refractivity contribution in [2.24, 2.45) is 10.2 Å². The standard InChI is InChI=1S/C13H8N4O7/c18-12-4-1-7(5-9(12)13(19)20)14-15-10-3-2-8(16(21)22)6-11(10)17(23)24/h1-6,18H,(H,19,20). The fourth-order valence-corrected chi connectivity index (χ4v) is 1.73. The number of benzene rings is 2. The molecule has 0 atom stereocenters. The molecule has 0 aliphatic carbocycles. The van der Waals surface area contributed by atoms with Gasteiger partial charge in [0, 0.05) is 6.07 Å². The van der Waals surface area contributed by atoms with Gasteiger partial charge >= 0.3 is 11.7 Å². The van der Waals surface area contributed by atoms with E-state index in [1.165, 1.54) is 6.07 Å². The molecule has 0 radical (unpaired) electrons. The van der Waals surface area contributed by atoms with Crippen molar-refractivity contribution in [3.05, 3.63) is 62.2 Å². The number of hydrogen-bond acceptors (Lipinski definition) is 8. The zero-order valence-corrected chi connectivity index (χ0v) is 11.7. The minimum atomic E-state index is -1.38. The second-order valence-corrected chi connectivity index (χ2v) is 4.39. The molecular weight excluding hydrogens is 324 g/mol. The molecule has 0 saturated carbocycles. The predicted molar refractivity (Wildman–Crippen MR) is 79.0 cm³/mol. The maximum atomic E-state index is 11.0. The molecule has 0 aliphatic rings. The van der Waals surface area contributed by atoms with Gasteiger partial charge in [0.25, 0.3) is 5.69 Å². The van der Waals surface area contributed by atoms with Gasteiger partial charge in [-0.1, -0.05) is 0 Å². The quantitative estimate of drug-likeness (QED) is 0.480. The summed E-state index contributed by atoms with van der Waals surface area (Å²) in [5, 5.41) is 47.2. The normalized spacial score (nSPS) is 10.7. The summed E-state index contributed by atoms with van der Waals surface area (Å²) in [6, 6.07) is 6.19. The second kappa shape index (κ2) is 6.48. The number of non-ortho nitro benzene ring substituents is 1. The average Bonchev–Trinajstić information content (AvgIpc) is 2.53. The summed E-state index contributed by atoms with van der Waals surface area (Å²) in [6.45, 7) is 0. The largest absolute Gasteiger partial charge is 0.507 e. The molecule has 24 heavy (non-hydrogen) atoms. The summed E-state index contributed by atoms with van der Waals surface area (Å²) >= 11 is 0.